The highest BCUT2D eigenvalue weighted by atomic mass is 16.5. The Hall–Kier alpha value is -1.45. The minimum absolute atomic E-state index is 0.196. The topological polar surface area (TPSA) is 52.1 Å². The molecular formula is C14H20N2O2. The van der Waals surface area contributed by atoms with Gasteiger partial charge in [-0.05, 0) is 18.8 Å². The number of ether oxygens (including phenoxy) is 1. The highest BCUT2D eigenvalue weighted by Gasteiger charge is 2.26. The molecule has 1 saturated carbocycles. The number of carbonyl (C=O) groups is 1. The third-order valence-corrected chi connectivity index (χ3v) is 3.12. The van der Waals surface area contributed by atoms with Gasteiger partial charge >= 0.3 is 5.97 Å². The molecule has 1 fully saturated rings. The average Bonchev–Trinajstić information content (AvgIpc) is 3.14. The zero-order chi connectivity index (χ0) is 13.0. The van der Waals surface area contributed by atoms with Crippen molar-refractivity contribution in [2.24, 2.45) is 5.92 Å². The lowest BCUT2D eigenvalue weighted by Crippen LogP contribution is -2.12. The van der Waals surface area contributed by atoms with Gasteiger partial charge in [0.05, 0.1) is 12.4 Å². The molecular weight excluding hydrogens is 228 g/mol. The van der Waals surface area contributed by atoms with Gasteiger partial charge in [-0.1, -0.05) is 26.7 Å². The van der Waals surface area contributed by atoms with Crippen LogP contribution in [0.25, 0.3) is 0 Å². The summed E-state index contributed by atoms with van der Waals surface area (Å²) in [6.07, 6.45) is 8.14. The molecule has 1 heterocycles. The summed E-state index contributed by atoms with van der Waals surface area (Å²) in [7, 11) is 0. The van der Waals surface area contributed by atoms with Crippen molar-refractivity contribution in [2.75, 3.05) is 0 Å². The molecule has 1 atom stereocenters. The fraction of sp³-hybridized carbons (Fsp3) is 0.643. The summed E-state index contributed by atoms with van der Waals surface area (Å²) < 4.78 is 5.22. The van der Waals surface area contributed by atoms with Crippen LogP contribution in [0, 0.1) is 5.92 Å². The first-order valence-electron chi connectivity index (χ1n) is 6.71. The number of rotatable bonds is 6. The van der Waals surface area contributed by atoms with Crippen molar-refractivity contribution >= 4 is 5.97 Å². The first kappa shape index (κ1) is 13.0. The molecule has 1 unspecified atom stereocenters. The Morgan fingerprint density at radius 1 is 1.44 bits per heavy atom. The normalized spacial score (nSPS) is 16.3. The molecule has 1 aliphatic carbocycles. The zero-order valence-corrected chi connectivity index (χ0v) is 11.1. The number of esters is 1. The number of hydrogen-bond acceptors (Lipinski definition) is 4. The minimum atomic E-state index is -0.196. The molecule has 4 heteroatoms. The summed E-state index contributed by atoms with van der Waals surface area (Å²) >= 11 is 0. The molecule has 2 rings (SSSR count). The van der Waals surface area contributed by atoms with Gasteiger partial charge in [-0.2, -0.15) is 0 Å². The van der Waals surface area contributed by atoms with Crippen LogP contribution in [0.3, 0.4) is 0 Å². The molecule has 0 N–H and O–H groups in total. The summed E-state index contributed by atoms with van der Waals surface area (Å²) in [4.78, 5) is 20.1. The van der Waals surface area contributed by atoms with E-state index in [-0.39, 0.29) is 5.97 Å². The molecule has 98 valence electrons. The van der Waals surface area contributed by atoms with Gasteiger partial charge in [-0.15, -0.1) is 0 Å². The van der Waals surface area contributed by atoms with Crippen LogP contribution >= 0.6 is 0 Å². The third kappa shape index (κ3) is 3.79. The van der Waals surface area contributed by atoms with Crippen LogP contribution in [0.4, 0.5) is 0 Å². The van der Waals surface area contributed by atoms with Crippen molar-refractivity contribution in [1.82, 2.24) is 9.97 Å². The van der Waals surface area contributed by atoms with Crippen LogP contribution in [-0.2, 0) is 4.79 Å². The molecule has 1 aromatic heterocycles. The first-order valence-corrected chi connectivity index (χ1v) is 6.71. The second-order valence-corrected chi connectivity index (χ2v) is 5.12. The van der Waals surface area contributed by atoms with Gasteiger partial charge in [-0.25, -0.2) is 9.97 Å². The smallest absolute Gasteiger partial charge is 0.311 e. The van der Waals surface area contributed by atoms with Crippen LogP contribution in [-0.4, -0.2) is 15.9 Å². The first-order chi connectivity index (χ1) is 8.69. The monoisotopic (exact) mass is 248 g/mol. The second kappa shape index (κ2) is 5.94. The Bertz CT molecular complexity index is 399. The molecule has 0 amide bonds. The SMILES string of the molecule is CCCC(C)CC(=O)Oc1cnc(C2CC2)nc1. The van der Waals surface area contributed by atoms with Crippen molar-refractivity contribution in [3.05, 3.63) is 18.2 Å². The Morgan fingerprint density at radius 3 is 2.67 bits per heavy atom. The quantitative estimate of drug-likeness (QED) is 0.726. The lowest BCUT2D eigenvalue weighted by atomic mass is 10.0. The fourth-order valence-electron chi connectivity index (χ4n) is 1.98. The lowest BCUT2D eigenvalue weighted by Gasteiger charge is -2.09. The van der Waals surface area contributed by atoms with Crippen LogP contribution < -0.4 is 4.74 Å². The molecule has 1 aromatic rings. The van der Waals surface area contributed by atoms with Gasteiger partial charge in [0.1, 0.15) is 5.82 Å². The van der Waals surface area contributed by atoms with E-state index in [1.54, 1.807) is 12.4 Å². The molecule has 0 radical (unpaired) electrons. The third-order valence-electron chi connectivity index (χ3n) is 3.12. The Kier molecular flexibility index (Phi) is 4.28. The maximum Gasteiger partial charge on any atom is 0.311 e. The summed E-state index contributed by atoms with van der Waals surface area (Å²) in [6, 6.07) is 0. The fourth-order valence-corrected chi connectivity index (χ4v) is 1.98. The highest BCUT2D eigenvalue weighted by molar-refractivity contribution is 5.72. The van der Waals surface area contributed by atoms with E-state index in [2.05, 4.69) is 23.8 Å². The molecule has 1 aliphatic rings. The van der Waals surface area contributed by atoms with Crippen molar-refractivity contribution in [3.8, 4) is 5.75 Å². The summed E-state index contributed by atoms with van der Waals surface area (Å²) in [5, 5.41) is 0. The number of carbonyl (C=O) groups excluding carboxylic acids is 1. The summed E-state index contributed by atoms with van der Waals surface area (Å²) in [6.45, 7) is 4.18. The van der Waals surface area contributed by atoms with Crippen molar-refractivity contribution in [3.63, 3.8) is 0 Å². The van der Waals surface area contributed by atoms with E-state index in [4.69, 9.17) is 4.74 Å². The maximum atomic E-state index is 11.7. The predicted molar refractivity (Wildman–Crippen MR) is 68.3 cm³/mol. The minimum Gasteiger partial charge on any atom is -0.423 e. The molecule has 4 nitrogen and oxygen atoms in total. The van der Waals surface area contributed by atoms with Crippen molar-refractivity contribution in [1.29, 1.82) is 0 Å². The van der Waals surface area contributed by atoms with E-state index < -0.39 is 0 Å². The predicted octanol–water partition coefficient (Wildman–Crippen LogP) is 3.09. The largest absolute Gasteiger partial charge is 0.423 e. The summed E-state index contributed by atoms with van der Waals surface area (Å²) in [5.74, 6) is 2.02. The molecule has 0 aliphatic heterocycles. The number of aromatic nitrogens is 2. The molecule has 0 aromatic carbocycles. The second-order valence-electron chi connectivity index (χ2n) is 5.12. The Labute approximate surface area is 108 Å². The molecule has 0 spiro atoms. The van der Waals surface area contributed by atoms with Crippen molar-refractivity contribution < 1.29 is 9.53 Å². The van der Waals surface area contributed by atoms with Gasteiger partial charge in [0.15, 0.2) is 5.75 Å². The van der Waals surface area contributed by atoms with Gasteiger partial charge in [0.2, 0.25) is 0 Å². The maximum absolute atomic E-state index is 11.7. The molecule has 18 heavy (non-hydrogen) atoms. The van der Waals surface area contributed by atoms with E-state index in [1.807, 2.05) is 0 Å². The van der Waals surface area contributed by atoms with E-state index in [0.29, 0.717) is 24.0 Å². The van der Waals surface area contributed by atoms with Crippen LogP contribution in [0.2, 0.25) is 0 Å². The number of nitrogens with zero attached hydrogens (tertiary/aromatic N) is 2. The van der Waals surface area contributed by atoms with Gasteiger partial charge < -0.3 is 4.74 Å². The van der Waals surface area contributed by atoms with Crippen LogP contribution in [0.5, 0.6) is 5.75 Å². The van der Waals surface area contributed by atoms with Gasteiger partial charge in [0, 0.05) is 12.3 Å². The van der Waals surface area contributed by atoms with E-state index >= 15 is 0 Å². The van der Waals surface area contributed by atoms with Gasteiger partial charge in [0.25, 0.3) is 0 Å². The van der Waals surface area contributed by atoms with Crippen molar-refractivity contribution in [2.45, 2.75) is 51.9 Å². The number of hydrogen-bond donors (Lipinski definition) is 0. The Morgan fingerprint density at radius 2 is 2.11 bits per heavy atom. The van der Waals surface area contributed by atoms with E-state index in [0.717, 1.165) is 18.7 Å². The average molecular weight is 248 g/mol. The van der Waals surface area contributed by atoms with Crippen LogP contribution in [0.1, 0.15) is 57.7 Å². The lowest BCUT2D eigenvalue weighted by molar-refractivity contribution is -0.135. The van der Waals surface area contributed by atoms with Crippen LogP contribution in [0.15, 0.2) is 12.4 Å². The molecule has 0 saturated heterocycles. The standard InChI is InChI=1S/C14H20N2O2/c1-3-4-10(2)7-13(17)18-12-8-15-14(16-9-12)11-5-6-11/h8-11H,3-7H2,1-2H3. The Balaban J connectivity index is 1.82. The zero-order valence-electron chi connectivity index (χ0n) is 11.1. The molecule has 0 bridgehead atoms. The van der Waals surface area contributed by atoms with E-state index in [9.17, 15) is 4.79 Å². The summed E-state index contributed by atoms with van der Waals surface area (Å²) in [5.41, 5.74) is 0. The highest BCUT2D eigenvalue weighted by Crippen LogP contribution is 2.37. The van der Waals surface area contributed by atoms with Gasteiger partial charge in [-0.3, -0.25) is 4.79 Å². The van der Waals surface area contributed by atoms with E-state index in [1.165, 1.54) is 12.8 Å².